The SMILES string of the molecule is CC(C)=CC[C@@]1(CO)CCCN(C(=O)c2ccccn2)C1. The molecule has 114 valence electrons. The van der Waals surface area contributed by atoms with Crippen LogP contribution >= 0.6 is 0 Å². The third-order valence-corrected chi connectivity index (χ3v) is 4.11. The maximum absolute atomic E-state index is 12.5. The summed E-state index contributed by atoms with van der Waals surface area (Å²) in [6, 6.07) is 5.38. The van der Waals surface area contributed by atoms with Gasteiger partial charge in [-0.25, -0.2) is 0 Å². The van der Waals surface area contributed by atoms with E-state index in [9.17, 15) is 9.90 Å². The zero-order valence-corrected chi connectivity index (χ0v) is 12.9. The van der Waals surface area contributed by atoms with Gasteiger partial charge >= 0.3 is 0 Å². The highest BCUT2D eigenvalue weighted by Gasteiger charge is 2.36. The lowest BCUT2D eigenvalue weighted by Gasteiger charge is -2.41. The maximum Gasteiger partial charge on any atom is 0.272 e. The monoisotopic (exact) mass is 288 g/mol. The number of nitrogens with zero attached hydrogens (tertiary/aromatic N) is 2. The Morgan fingerprint density at radius 1 is 1.48 bits per heavy atom. The molecule has 0 aliphatic carbocycles. The van der Waals surface area contributed by atoms with E-state index >= 15 is 0 Å². The first-order valence-corrected chi connectivity index (χ1v) is 7.51. The molecular weight excluding hydrogens is 264 g/mol. The van der Waals surface area contributed by atoms with Gasteiger partial charge in [0.1, 0.15) is 5.69 Å². The summed E-state index contributed by atoms with van der Waals surface area (Å²) in [4.78, 5) is 18.5. The van der Waals surface area contributed by atoms with Gasteiger partial charge in [0.05, 0.1) is 6.61 Å². The van der Waals surface area contributed by atoms with Gasteiger partial charge < -0.3 is 10.0 Å². The molecule has 0 aromatic carbocycles. The van der Waals surface area contributed by atoms with Gasteiger partial charge in [0.2, 0.25) is 0 Å². The molecule has 2 rings (SSSR count). The summed E-state index contributed by atoms with van der Waals surface area (Å²) in [7, 11) is 0. The first kappa shape index (κ1) is 15.7. The fourth-order valence-corrected chi connectivity index (χ4v) is 2.81. The Labute approximate surface area is 126 Å². The highest BCUT2D eigenvalue weighted by atomic mass is 16.3. The van der Waals surface area contributed by atoms with Crippen molar-refractivity contribution in [2.24, 2.45) is 5.41 Å². The van der Waals surface area contributed by atoms with Gasteiger partial charge in [0.25, 0.3) is 5.91 Å². The normalized spacial score (nSPS) is 22.0. The Hall–Kier alpha value is -1.68. The zero-order chi connectivity index (χ0) is 15.3. The van der Waals surface area contributed by atoms with Gasteiger partial charge in [-0.2, -0.15) is 0 Å². The first-order chi connectivity index (χ1) is 10.1. The van der Waals surface area contributed by atoms with Gasteiger partial charge in [-0.05, 0) is 45.2 Å². The van der Waals surface area contributed by atoms with Crippen LogP contribution in [0.1, 0.15) is 43.6 Å². The molecule has 4 heteroatoms. The van der Waals surface area contributed by atoms with Crippen LogP contribution < -0.4 is 0 Å². The fraction of sp³-hybridized carbons (Fsp3) is 0.529. The van der Waals surface area contributed by atoms with Crippen LogP contribution in [0.15, 0.2) is 36.0 Å². The van der Waals surface area contributed by atoms with E-state index in [1.54, 1.807) is 18.3 Å². The Morgan fingerprint density at radius 3 is 2.90 bits per heavy atom. The molecule has 1 saturated heterocycles. The van der Waals surface area contributed by atoms with Crippen molar-refractivity contribution in [1.82, 2.24) is 9.88 Å². The van der Waals surface area contributed by atoms with Gasteiger partial charge in [-0.1, -0.05) is 17.7 Å². The van der Waals surface area contributed by atoms with E-state index in [2.05, 4.69) is 24.9 Å². The van der Waals surface area contributed by atoms with E-state index in [-0.39, 0.29) is 17.9 Å². The number of aliphatic hydroxyl groups excluding tert-OH is 1. The standard InChI is InChI=1S/C17H24N2O2/c1-14(2)7-9-17(13-20)8-5-11-19(12-17)16(21)15-6-3-4-10-18-15/h3-4,6-7,10,20H,5,8-9,11-13H2,1-2H3/t17-/m0/s1. The molecule has 0 spiro atoms. The minimum absolute atomic E-state index is 0.0367. The van der Waals surface area contributed by atoms with Gasteiger partial charge in [0.15, 0.2) is 0 Å². The van der Waals surface area contributed by atoms with Crippen molar-refractivity contribution in [2.45, 2.75) is 33.1 Å². The summed E-state index contributed by atoms with van der Waals surface area (Å²) in [6.07, 6.45) is 6.50. The number of allylic oxidation sites excluding steroid dienone is 2. The number of hydrogen-bond acceptors (Lipinski definition) is 3. The van der Waals surface area contributed by atoms with Gasteiger partial charge in [-0.3, -0.25) is 9.78 Å². The molecule has 1 N–H and O–H groups in total. The molecule has 1 amide bonds. The van der Waals surface area contributed by atoms with E-state index in [4.69, 9.17) is 0 Å². The molecule has 2 heterocycles. The number of aromatic nitrogens is 1. The fourth-order valence-electron chi connectivity index (χ4n) is 2.81. The number of rotatable bonds is 4. The predicted molar refractivity (Wildman–Crippen MR) is 82.9 cm³/mol. The van der Waals surface area contributed by atoms with Crippen LogP contribution in [0.25, 0.3) is 0 Å². The lowest BCUT2D eigenvalue weighted by atomic mass is 9.77. The van der Waals surface area contributed by atoms with Crippen LogP contribution in [0, 0.1) is 5.41 Å². The number of likely N-dealkylation sites (tertiary alicyclic amines) is 1. The van der Waals surface area contributed by atoms with Crippen LogP contribution in [0.3, 0.4) is 0 Å². The number of pyridine rings is 1. The largest absolute Gasteiger partial charge is 0.396 e. The molecule has 1 aromatic rings. The molecule has 21 heavy (non-hydrogen) atoms. The van der Waals surface area contributed by atoms with Crippen LogP contribution in [0.2, 0.25) is 0 Å². The Morgan fingerprint density at radius 2 is 2.29 bits per heavy atom. The smallest absolute Gasteiger partial charge is 0.272 e. The highest BCUT2D eigenvalue weighted by molar-refractivity contribution is 5.92. The Bertz CT molecular complexity index is 509. The van der Waals surface area contributed by atoms with E-state index in [0.29, 0.717) is 12.2 Å². The second kappa shape index (κ2) is 6.85. The van der Waals surface area contributed by atoms with Crippen LogP contribution in [-0.4, -0.2) is 40.6 Å². The summed E-state index contributed by atoms with van der Waals surface area (Å²) in [5.74, 6) is -0.0367. The average molecular weight is 288 g/mol. The van der Waals surface area contributed by atoms with Crippen molar-refractivity contribution in [2.75, 3.05) is 19.7 Å². The summed E-state index contributed by atoms with van der Waals surface area (Å²) in [6.45, 7) is 5.58. The molecule has 1 atom stereocenters. The molecule has 1 aliphatic heterocycles. The second-order valence-electron chi connectivity index (χ2n) is 6.19. The third-order valence-electron chi connectivity index (χ3n) is 4.11. The Balaban J connectivity index is 2.12. The van der Waals surface area contributed by atoms with Crippen molar-refractivity contribution >= 4 is 5.91 Å². The minimum atomic E-state index is -0.208. The number of carbonyl (C=O) groups excluding carboxylic acids is 1. The molecule has 0 radical (unpaired) electrons. The van der Waals surface area contributed by atoms with Crippen molar-refractivity contribution in [3.8, 4) is 0 Å². The van der Waals surface area contributed by atoms with E-state index in [1.165, 1.54) is 5.57 Å². The molecule has 0 saturated carbocycles. The van der Waals surface area contributed by atoms with Crippen molar-refractivity contribution in [3.63, 3.8) is 0 Å². The summed E-state index contributed by atoms with van der Waals surface area (Å²) < 4.78 is 0. The topological polar surface area (TPSA) is 53.4 Å². The lowest BCUT2D eigenvalue weighted by molar-refractivity contribution is 0.0280. The molecule has 1 aromatic heterocycles. The van der Waals surface area contributed by atoms with Crippen molar-refractivity contribution < 1.29 is 9.90 Å². The van der Waals surface area contributed by atoms with Crippen molar-refractivity contribution in [3.05, 3.63) is 41.7 Å². The van der Waals surface area contributed by atoms with Gasteiger partial charge in [-0.15, -0.1) is 0 Å². The molecule has 0 bridgehead atoms. The number of aliphatic hydroxyl groups is 1. The van der Waals surface area contributed by atoms with E-state index < -0.39 is 0 Å². The van der Waals surface area contributed by atoms with Crippen LogP contribution in [-0.2, 0) is 0 Å². The predicted octanol–water partition coefficient (Wildman–Crippen LogP) is 2.65. The molecule has 0 unspecified atom stereocenters. The average Bonchev–Trinajstić information content (AvgIpc) is 2.53. The number of carbonyl (C=O) groups is 1. The number of amides is 1. The first-order valence-electron chi connectivity index (χ1n) is 7.51. The summed E-state index contributed by atoms with van der Waals surface area (Å²) >= 11 is 0. The minimum Gasteiger partial charge on any atom is -0.396 e. The molecule has 1 aliphatic rings. The Kier molecular flexibility index (Phi) is 5.12. The van der Waals surface area contributed by atoms with Crippen molar-refractivity contribution in [1.29, 1.82) is 0 Å². The van der Waals surface area contributed by atoms with Crippen LogP contribution in [0.4, 0.5) is 0 Å². The highest BCUT2D eigenvalue weighted by Crippen LogP contribution is 2.34. The second-order valence-corrected chi connectivity index (χ2v) is 6.19. The molecule has 4 nitrogen and oxygen atoms in total. The lowest BCUT2D eigenvalue weighted by Crippen LogP contribution is -2.47. The summed E-state index contributed by atoms with van der Waals surface area (Å²) in [5.41, 5.74) is 1.52. The number of hydrogen-bond donors (Lipinski definition) is 1. The quantitative estimate of drug-likeness (QED) is 0.867. The third kappa shape index (κ3) is 3.91. The van der Waals surface area contributed by atoms with Gasteiger partial charge in [0, 0.05) is 24.7 Å². The summed E-state index contributed by atoms with van der Waals surface area (Å²) in [5, 5.41) is 9.84. The molecular formula is C17H24N2O2. The van der Waals surface area contributed by atoms with E-state index in [1.807, 2.05) is 11.0 Å². The number of piperidine rings is 1. The maximum atomic E-state index is 12.5. The van der Waals surface area contributed by atoms with Crippen LogP contribution in [0.5, 0.6) is 0 Å². The zero-order valence-electron chi connectivity index (χ0n) is 12.9. The van der Waals surface area contributed by atoms with E-state index in [0.717, 1.165) is 25.8 Å². The molecule has 1 fully saturated rings.